The number of pyridine rings is 1. The standard InChI is InChI=1S/C14H16FN5O/c1-21-11-9-17-14(18-10-11)20-7-5-19(6-8-20)13-12(15)3-2-4-16-13/h2-4,9-10H,5-8H2,1H3. The highest BCUT2D eigenvalue weighted by Crippen LogP contribution is 2.19. The molecule has 0 amide bonds. The third-order valence-electron chi connectivity index (χ3n) is 3.45. The topological polar surface area (TPSA) is 54.4 Å². The van der Waals surface area contributed by atoms with Crippen LogP contribution in [0.25, 0.3) is 0 Å². The van der Waals surface area contributed by atoms with E-state index in [0.717, 1.165) is 13.1 Å². The number of ether oxygens (including phenoxy) is 1. The number of aromatic nitrogens is 3. The second kappa shape index (κ2) is 5.90. The van der Waals surface area contributed by atoms with Crippen molar-refractivity contribution in [3.05, 3.63) is 36.5 Å². The van der Waals surface area contributed by atoms with Crippen LogP contribution in [0.3, 0.4) is 0 Å². The molecular formula is C14H16FN5O. The Morgan fingerprint density at radius 3 is 2.33 bits per heavy atom. The molecular weight excluding hydrogens is 273 g/mol. The average Bonchev–Trinajstić information content (AvgIpc) is 2.56. The molecule has 6 nitrogen and oxygen atoms in total. The van der Waals surface area contributed by atoms with E-state index in [4.69, 9.17) is 4.74 Å². The lowest BCUT2D eigenvalue weighted by Gasteiger charge is -2.35. The molecule has 1 fully saturated rings. The van der Waals surface area contributed by atoms with Crippen LogP contribution in [0.5, 0.6) is 5.75 Å². The van der Waals surface area contributed by atoms with Crippen LogP contribution < -0.4 is 14.5 Å². The highest BCUT2D eigenvalue weighted by atomic mass is 19.1. The molecule has 0 radical (unpaired) electrons. The van der Waals surface area contributed by atoms with Gasteiger partial charge >= 0.3 is 0 Å². The summed E-state index contributed by atoms with van der Waals surface area (Å²) in [5.41, 5.74) is 0. The minimum absolute atomic E-state index is 0.286. The van der Waals surface area contributed by atoms with Crippen LogP contribution in [-0.4, -0.2) is 48.2 Å². The van der Waals surface area contributed by atoms with Gasteiger partial charge in [0, 0.05) is 32.4 Å². The number of methoxy groups -OCH3 is 1. The Kier molecular flexibility index (Phi) is 3.81. The van der Waals surface area contributed by atoms with Gasteiger partial charge < -0.3 is 14.5 Å². The normalized spacial score (nSPS) is 15.1. The highest BCUT2D eigenvalue weighted by molar-refractivity contribution is 5.43. The Balaban J connectivity index is 1.66. The Bertz CT molecular complexity index is 599. The van der Waals surface area contributed by atoms with Gasteiger partial charge in [-0.05, 0) is 12.1 Å². The van der Waals surface area contributed by atoms with Crippen molar-refractivity contribution >= 4 is 11.8 Å². The van der Waals surface area contributed by atoms with Crippen molar-refractivity contribution < 1.29 is 9.13 Å². The second-order valence-corrected chi connectivity index (χ2v) is 4.71. The van der Waals surface area contributed by atoms with E-state index < -0.39 is 0 Å². The summed E-state index contributed by atoms with van der Waals surface area (Å²) < 4.78 is 18.8. The molecule has 0 unspecified atom stereocenters. The summed E-state index contributed by atoms with van der Waals surface area (Å²) >= 11 is 0. The van der Waals surface area contributed by atoms with Crippen molar-refractivity contribution in [2.24, 2.45) is 0 Å². The summed E-state index contributed by atoms with van der Waals surface area (Å²) in [5, 5.41) is 0. The molecule has 21 heavy (non-hydrogen) atoms. The van der Waals surface area contributed by atoms with E-state index in [1.54, 1.807) is 31.8 Å². The molecule has 1 aliphatic rings. The summed E-state index contributed by atoms with van der Waals surface area (Å²) in [4.78, 5) is 16.7. The molecule has 0 saturated carbocycles. The Morgan fingerprint density at radius 2 is 1.71 bits per heavy atom. The zero-order valence-corrected chi connectivity index (χ0v) is 11.7. The van der Waals surface area contributed by atoms with Crippen molar-refractivity contribution in [3.63, 3.8) is 0 Å². The van der Waals surface area contributed by atoms with Gasteiger partial charge in [0.15, 0.2) is 17.4 Å². The maximum atomic E-state index is 13.7. The summed E-state index contributed by atoms with van der Waals surface area (Å²) in [5.74, 6) is 1.42. The fraction of sp³-hybridized carbons (Fsp3) is 0.357. The number of hydrogen-bond acceptors (Lipinski definition) is 6. The van der Waals surface area contributed by atoms with Crippen LogP contribution in [0.15, 0.2) is 30.7 Å². The number of hydrogen-bond donors (Lipinski definition) is 0. The lowest BCUT2D eigenvalue weighted by molar-refractivity contribution is 0.410. The molecule has 3 rings (SSSR count). The number of nitrogens with zero attached hydrogens (tertiary/aromatic N) is 5. The third-order valence-corrected chi connectivity index (χ3v) is 3.45. The molecule has 0 bridgehead atoms. The van der Waals surface area contributed by atoms with E-state index in [9.17, 15) is 4.39 Å². The van der Waals surface area contributed by atoms with Crippen molar-refractivity contribution in [2.75, 3.05) is 43.1 Å². The zero-order valence-electron chi connectivity index (χ0n) is 11.7. The van der Waals surface area contributed by atoms with Crippen LogP contribution >= 0.6 is 0 Å². The van der Waals surface area contributed by atoms with Crippen LogP contribution in [-0.2, 0) is 0 Å². The van der Waals surface area contributed by atoms with Crippen molar-refractivity contribution in [2.45, 2.75) is 0 Å². The van der Waals surface area contributed by atoms with Gasteiger partial charge in [-0.2, -0.15) is 0 Å². The molecule has 2 aromatic heterocycles. The summed E-state index contributed by atoms with van der Waals surface area (Å²) in [6.45, 7) is 2.82. The SMILES string of the molecule is COc1cnc(N2CCN(c3ncccc3F)CC2)nc1. The number of halogens is 1. The summed E-state index contributed by atoms with van der Waals surface area (Å²) in [7, 11) is 1.58. The van der Waals surface area contributed by atoms with E-state index in [0.29, 0.717) is 30.6 Å². The van der Waals surface area contributed by atoms with E-state index in [2.05, 4.69) is 19.9 Å². The van der Waals surface area contributed by atoms with Crippen molar-refractivity contribution in [1.29, 1.82) is 0 Å². The number of piperazine rings is 1. The molecule has 2 aromatic rings. The second-order valence-electron chi connectivity index (χ2n) is 4.71. The Hall–Kier alpha value is -2.44. The summed E-state index contributed by atoms with van der Waals surface area (Å²) in [6, 6.07) is 3.03. The van der Waals surface area contributed by atoms with Crippen LogP contribution in [0.2, 0.25) is 0 Å². The van der Waals surface area contributed by atoms with Crippen LogP contribution in [0.1, 0.15) is 0 Å². The van der Waals surface area contributed by atoms with E-state index >= 15 is 0 Å². The maximum Gasteiger partial charge on any atom is 0.225 e. The van der Waals surface area contributed by atoms with Gasteiger partial charge in [0.1, 0.15) is 0 Å². The smallest absolute Gasteiger partial charge is 0.225 e. The Morgan fingerprint density at radius 1 is 1.05 bits per heavy atom. The van der Waals surface area contributed by atoms with Crippen LogP contribution in [0, 0.1) is 5.82 Å². The molecule has 0 atom stereocenters. The van der Waals surface area contributed by atoms with Crippen molar-refractivity contribution in [3.8, 4) is 5.75 Å². The lowest BCUT2D eigenvalue weighted by Crippen LogP contribution is -2.47. The monoisotopic (exact) mass is 289 g/mol. The average molecular weight is 289 g/mol. The quantitative estimate of drug-likeness (QED) is 0.850. The third kappa shape index (κ3) is 2.86. The summed E-state index contributed by atoms with van der Waals surface area (Å²) in [6.07, 6.45) is 4.90. The lowest BCUT2D eigenvalue weighted by atomic mass is 10.3. The van der Waals surface area contributed by atoms with Gasteiger partial charge in [-0.25, -0.2) is 19.3 Å². The largest absolute Gasteiger partial charge is 0.494 e. The number of rotatable bonds is 3. The molecule has 3 heterocycles. The molecule has 0 aromatic carbocycles. The molecule has 0 spiro atoms. The molecule has 0 aliphatic carbocycles. The fourth-order valence-electron chi connectivity index (χ4n) is 2.31. The van der Waals surface area contributed by atoms with Gasteiger partial charge in [-0.3, -0.25) is 0 Å². The first-order valence-electron chi connectivity index (χ1n) is 6.74. The predicted molar refractivity (Wildman–Crippen MR) is 77.2 cm³/mol. The first-order valence-corrected chi connectivity index (χ1v) is 6.74. The zero-order chi connectivity index (χ0) is 14.7. The minimum Gasteiger partial charge on any atom is -0.494 e. The van der Waals surface area contributed by atoms with Gasteiger partial charge in [-0.1, -0.05) is 0 Å². The van der Waals surface area contributed by atoms with Gasteiger partial charge in [0.2, 0.25) is 5.95 Å². The molecule has 1 saturated heterocycles. The first kappa shape index (κ1) is 13.5. The molecule has 7 heteroatoms. The van der Waals surface area contributed by atoms with Gasteiger partial charge in [0.25, 0.3) is 0 Å². The van der Waals surface area contributed by atoms with E-state index in [1.165, 1.54) is 6.07 Å². The maximum absolute atomic E-state index is 13.7. The van der Waals surface area contributed by atoms with E-state index in [1.807, 2.05) is 4.90 Å². The number of anilines is 2. The van der Waals surface area contributed by atoms with Gasteiger partial charge in [0.05, 0.1) is 19.5 Å². The first-order chi connectivity index (χ1) is 10.3. The van der Waals surface area contributed by atoms with Gasteiger partial charge in [-0.15, -0.1) is 0 Å². The van der Waals surface area contributed by atoms with Crippen molar-refractivity contribution in [1.82, 2.24) is 15.0 Å². The van der Waals surface area contributed by atoms with Crippen LogP contribution in [0.4, 0.5) is 16.2 Å². The molecule has 0 N–H and O–H groups in total. The molecule has 110 valence electrons. The van der Waals surface area contributed by atoms with E-state index in [-0.39, 0.29) is 5.82 Å². The Labute approximate surface area is 122 Å². The highest BCUT2D eigenvalue weighted by Gasteiger charge is 2.21. The molecule has 1 aliphatic heterocycles. The fourth-order valence-corrected chi connectivity index (χ4v) is 2.31. The predicted octanol–water partition coefficient (Wildman–Crippen LogP) is 1.35. The minimum atomic E-state index is -0.286.